The Balaban J connectivity index is 1.71. The third kappa shape index (κ3) is 2.11. The molecule has 142 valence electrons. The summed E-state index contributed by atoms with van der Waals surface area (Å²) in [7, 11) is 0. The molecular formula is C23H21NO4. The van der Waals surface area contributed by atoms with Crippen LogP contribution in [0.15, 0.2) is 66.8 Å². The van der Waals surface area contributed by atoms with E-state index in [-0.39, 0.29) is 11.9 Å². The lowest BCUT2D eigenvalue weighted by molar-refractivity contribution is -0.146. The van der Waals surface area contributed by atoms with E-state index in [1.54, 1.807) is 11.0 Å². The molecule has 2 aromatic carbocycles. The van der Waals surface area contributed by atoms with Crippen molar-refractivity contribution in [3.8, 4) is 0 Å². The van der Waals surface area contributed by atoms with Gasteiger partial charge in [-0.3, -0.25) is 9.59 Å². The summed E-state index contributed by atoms with van der Waals surface area (Å²) < 4.78 is 6.21. The maximum atomic E-state index is 13.6. The van der Waals surface area contributed by atoms with Gasteiger partial charge in [-0.25, -0.2) is 0 Å². The molecule has 2 saturated heterocycles. The van der Waals surface area contributed by atoms with Crippen LogP contribution in [0.1, 0.15) is 13.3 Å². The molecule has 3 aliphatic rings. The SMILES string of the molecule is C=C(C)C[C@H]1N(c2cccc3ccccc23)C(=O)[C@H]2[C@H](C(=O)O)[C@@H]3C=C[C@]21O3. The van der Waals surface area contributed by atoms with Gasteiger partial charge in [0.25, 0.3) is 0 Å². The number of carbonyl (C=O) groups excluding carboxylic acids is 1. The lowest BCUT2D eigenvalue weighted by Gasteiger charge is -2.34. The molecule has 3 aliphatic heterocycles. The number of hydrogen-bond acceptors (Lipinski definition) is 3. The minimum Gasteiger partial charge on any atom is -0.481 e. The van der Waals surface area contributed by atoms with Crippen LogP contribution in [-0.4, -0.2) is 34.7 Å². The van der Waals surface area contributed by atoms with E-state index in [4.69, 9.17) is 4.74 Å². The average molecular weight is 375 g/mol. The minimum absolute atomic E-state index is 0.179. The monoisotopic (exact) mass is 375 g/mol. The molecule has 2 fully saturated rings. The van der Waals surface area contributed by atoms with Crippen LogP contribution in [0.3, 0.4) is 0 Å². The first-order chi connectivity index (χ1) is 13.4. The van der Waals surface area contributed by atoms with Crippen molar-refractivity contribution in [2.75, 3.05) is 4.90 Å². The summed E-state index contributed by atoms with van der Waals surface area (Å²) in [5, 5.41) is 11.8. The van der Waals surface area contributed by atoms with E-state index in [0.717, 1.165) is 22.0 Å². The van der Waals surface area contributed by atoms with Crippen LogP contribution in [0.25, 0.3) is 10.8 Å². The van der Waals surface area contributed by atoms with Crippen molar-refractivity contribution >= 4 is 28.3 Å². The van der Waals surface area contributed by atoms with Crippen LogP contribution < -0.4 is 4.90 Å². The molecule has 1 N–H and O–H groups in total. The van der Waals surface area contributed by atoms with Gasteiger partial charge in [-0.05, 0) is 24.8 Å². The molecule has 1 amide bonds. The van der Waals surface area contributed by atoms with Gasteiger partial charge in [0, 0.05) is 5.39 Å². The van der Waals surface area contributed by atoms with E-state index in [0.29, 0.717) is 6.42 Å². The van der Waals surface area contributed by atoms with E-state index in [9.17, 15) is 14.7 Å². The van der Waals surface area contributed by atoms with Crippen molar-refractivity contribution in [3.05, 3.63) is 66.8 Å². The molecule has 2 bridgehead atoms. The molecule has 0 radical (unpaired) electrons. The number of aliphatic carboxylic acids is 1. The summed E-state index contributed by atoms with van der Waals surface area (Å²) in [5.74, 6) is -2.74. The van der Waals surface area contributed by atoms with Gasteiger partial charge in [0.2, 0.25) is 5.91 Å². The number of carboxylic acid groups (broad SMARTS) is 1. The molecule has 5 nitrogen and oxygen atoms in total. The fraction of sp³-hybridized carbons (Fsp3) is 0.304. The second-order valence-corrected chi connectivity index (χ2v) is 8.02. The molecule has 3 heterocycles. The number of hydrogen-bond donors (Lipinski definition) is 1. The van der Waals surface area contributed by atoms with Gasteiger partial charge < -0.3 is 14.7 Å². The molecule has 5 atom stereocenters. The lowest BCUT2D eigenvalue weighted by atomic mass is 9.74. The number of benzene rings is 2. The molecule has 2 aromatic rings. The van der Waals surface area contributed by atoms with E-state index < -0.39 is 29.5 Å². The highest BCUT2D eigenvalue weighted by atomic mass is 16.5. The summed E-state index contributed by atoms with van der Waals surface area (Å²) in [4.78, 5) is 27.4. The summed E-state index contributed by atoms with van der Waals surface area (Å²) in [6.45, 7) is 5.97. The maximum Gasteiger partial charge on any atom is 0.310 e. The van der Waals surface area contributed by atoms with Gasteiger partial charge in [-0.15, -0.1) is 6.58 Å². The second-order valence-electron chi connectivity index (χ2n) is 8.02. The number of carboxylic acids is 1. The Bertz CT molecular complexity index is 1050. The van der Waals surface area contributed by atoms with Crippen molar-refractivity contribution in [3.63, 3.8) is 0 Å². The number of nitrogens with zero attached hydrogens (tertiary/aromatic N) is 1. The van der Waals surface area contributed by atoms with E-state index in [2.05, 4.69) is 6.58 Å². The van der Waals surface area contributed by atoms with Crippen LogP contribution in [-0.2, 0) is 14.3 Å². The van der Waals surface area contributed by atoms with E-state index >= 15 is 0 Å². The zero-order valence-electron chi connectivity index (χ0n) is 15.5. The summed E-state index contributed by atoms with van der Waals surface area (Å²) >= 11 is 0. The van der Waals surface area contributed by atoms with Crippen LogP contribution in [0, 0.1) is 11.8 Å². The lowest BCUT2D eigenvalue weighted by Crippen LogP contribution is -2.45. The smallest absolute Gasteiger partial charge is 0.310 e. The Morgan fingerprint density at radius 1 is 1.25 bits per heavy atom. The fourth-order valence-corrected chi connectivity index (χ4v) is 5.22. The number of rotatable bonds is 4. The first-order valence-corrected chi connectivity index (χ1v) is 9.49. The number of ether oxygens (including phenoxy) is 1. The molecule has 28 heavy (non-hydrogen) atoms. The summed E-state index contributed by atoms with van der Waals surface area (Å²) in [6.07, 6.45) is 3.72. The van der Waals surface area contributed by atoms with Gasteiger partial charge in [0.15, 0.2) is 0 Å². The number of fused-ring (bicyclic) bond motifs is 2. The zero-order valence-corrected chi connectivity index (χ0v) is 15.5. The Hall–Kier alpha value is -2.92. The third-order valence-electron chi connectivity index (χ3n) is 6.27. The highest BCUT2D eigenvalue weighted by Crippen LogP contribution is 2.57. The largest absolute Gasteiger partial charge is 0.481 e. The average Bonchev–Trinajstić information content (AvgIpc) is 3.30. The molecule has 0 saturated carbocycles. The Kier molecular flexibility index (Phi) is 3.55. The predicted molar refractivity (Wildman–Crippen MR) is 106 cm³/mol. The number of amides is 1. The van der Waals surface area contributed by atoms with Gasteiger partial charge >= 0.3 is 5.97 Å². The Morgan fingerprint density at radius 3 is 2.75 bits per heavy atom. The van der Waals surface area contributed by atoms with Gasteiger partial charge in [0.05, 0.1) is 23.8 Å². The van der Waals surface area contributed by atoms with Gasteiger partial charge in [-0.1, -0.05) is 54.1 Å². The topological polar surface area (TPSA) is 66.8 Å². The number of carbonyl (C=O) groups is 2. The molecule has 0 unspecified atom stereocenters. The molecule has 5 rings (SSSR count). The zero-order chi connectivity index (χ0) is 19.6. The van der Waals surface area contributed by atoms with Gasteiger partial charge in [0.1, 0.15) is 11.5 Å². The van der Waals surface area contributed by atoms with Crippen LogP contribution in [0.2, 0.25) is 0 Å². The maximum absolute atomic E-state index is 13.6. The van der Waals surface area contributed by atoms with Gasteiger partial charge in [-0.2, -0.15) is 0 Å². The first-order valence-electron chi connectivity index (χ1n) is 9.49. The molecule has 1 spiro atoms. The van der Waals surface area contributed by atoms with Crippen molar-refractivity contribution < 1.29 is 19.4 Å². The minimum atomic E-state index is -0.983. The van der Waals surface area contributed by atoms with E-state index in [1.807, 2.05) is 55.5 Å². The summed E-state index contributed by atoms with van der Waals surface area (Å²) in [6, 6.07) is 13.4. The number of anilines is 1. The standard InChI is InChI=1S/C23H21NO4/c1-13(2)12-18-23-11-10-17(28-23)19(22(26)27)20(23)21(25)24(18)16-9-5-7-14-6-3-4-8-15(14)16/h3-11,17-20H,1,12H2,2H3,(H,26,27)/t17-,18+,19+,20+,23+/m0/s1. The van der Waals surface area contributed by atoms with Crippen LogP contribution in [0.4, 0.5) is 5.69 Å². The molecule has 0 aromatic heterocycles. The molecular weight excluding hydrogens is 354 g/mol. The van der Waals surface area contributed by atoms with Crippen molar-refractivity contribution in [2.45, 2.75) is 31.1 Å². The molecule has 5 heteroatoms. The normalized spacial score (nSPS) is 32.9. The van der Waals surface area contributed by atoms with Crippen molar-refractivity contribution in [1.82, 2.24) is 0 Å². The second kappa shape index (κ2) is 5.79. The van der Waals surface area contributed by atoms with Crippen LogP contribution in [0.5, 0.6) is 0 Å². The van der Waals surface area contributed by atoms with E-state index in [1.165, 1.54) is 0 Å². The van der Waals surface area contributed by atoms with Crippen LogP contribution >= 0.6 is 0 Å². The Morgan fingerprint density at radius 2 is 2.00 bits per heavy atom. The third-order valence-corrected chi connectivity index (χ3v) is 6.27. The Labute approximate surface area is 162 Å². The van der Waals surface area contributed by atoms with Crippen molar-refractivity contribution in [1.29, 1.82) is 0 Å². The molecule has 0 aliphatic carbocycles. The fourth-order valence-electron chi connectivity index (χ4n) is 5.22. The van der Waals surface area contributed by atoms with Crippen molar-refractivity contribution in [2.24, 2.45) is 11.8 Å². The first kappa shape index (κ1) is 17.2. The highest BCUT2D eigenvalue weighted by Gasteiger charge is 2.71. The highest BCUT2D eigenvalue weighted by molar-refractivity contribution is 6.09. The predicted octanol–water partition coefficient (Wildman–Crippen LogP) is 3.55. The summed E-state index contributed by atoms with van der Waals surface area (Å²) in [5.41, 5.74) is 0.806. The quantitative estimate of drug-likeness (QED) is 0.830.